The highest BCUT2D eigenvalue weighted by molar-refractivity contribution is 7.00. The van der Waals surface area contributed by atoms with Gasteiger partial charge in [0.05, 0.1) is 16.7 Å². The van der Waals surface area contributed by atoms with Gasteiger partial charge < -0.3 is 18.8 Å². The Kier molecular flexibility index (Phi) is 7.76. The summed E-state index contributed by atoms with van der Waals surface area (Å²) in [5, 5.41) is 2.32. The molecule has 2 atom stereocenters. The third-order valence-corrected chi connectivity index (χ3v) is 18.1. The minimum Gasteiger partial charge on any atom is -0.454 e. The lowest BCUT2D eigenvalue weighted by atomic mass is 9.33. The molecule has 1 saturated carbocycles. The second-order valence-corrected chi connectivity index (χ2v) is 24.1. The van der Waals surface area contributed by atoms with Crippen molar-refractivity contribution >= 4 is 84.5 Å². The van der Waals surface area contributed by atoms with Crippen LogP contribution in [0.1, 0.15) is 123 Å². The van der Waals surface area contributed by atoms with Crippen LogP contribution in [0.2, 0.25) is 0 Å². The smallest absolute Gasteiger partial charge is 0.252 e. The molecule has 6 aliphatic rings. The first-order valence-electron chi connectivity index (χ1n) is 25.3. The van der Waals surface area contributed by atoms with Crippen LogP contribution in [0.15, 0.2) is 138 Å². The average molecular weight is 886 g/mol. The molecule has 2 aromatic heterocycles. The van der Waals surface area contributed by atoms with Gasteiger partial charge in [0.1, 0.15) is 11.1 Å². The minimum atomic E-state index is -0.299. The van der Waals surface area contributed by atoms with E-state index < -0.39 is 0 Å². The van der Waals surface area contributed by atoms with Gasteiger partial charge in [-0.05, 0) is 141 Å². The van der Waals surface area contributed by atoms with E-state index >= 15 is 0 Å². The van der Waals surface area contributed by atoms with Crippen LogP contribution in [0.5, 0.6) is 0 Å². The van der Waals surface area contributed by atoms with Crippen molar-refractivity contribution in [2.24, 2.45) is 0 Å². The normalized spacial score (nSPS) is 20.7. The highest BCUT2D eigenvalue weighted by atomic mass is 16.3. The number of fused-ring (bicyclic) bond motifs is 14. The SMILES string of the molecule is CC(C)(C)c1ccc2c(c1)-c1ccc(cc1)C(C)(C)c1cc3c4c(c1)-n1c5c(cccc5c5oc6ccccc6c51)B4c1ccc(N4c5ccc(C(C)(C)C)cc5C5(C)CCCCC45C)cc1N23. The summed E-state index contributed by atoms with van der Waals surface area (Å²) in [6.45, 7) is 24.1. The van der Waals surface area contributed by atoms with Gasteiger partial charge >= 0.3 is 0 Å². The Morgan fingerprint density at radius 3 is 2.04 bits per heavy atom. The van der Waals surface area contributed by atoms with Gasteiger partial charge in [-0.2, -0.15) is 0 Å². The number of furan rings is 1. The molecule has 0 saturated heterocycles. The van der Waals surface area contributed by atoms with Crippen molar-refractivity contribution in [2.75, 3.05) is 9.80 Å². The lowest BCUT2D eigenvalue weighted by Crippen LogP contribution is -2.60. The second kappa shape index (κ2) is 13.0. The average Bonchev–Trinajstić information content (AvgIpc) is 3.92. The van der Waals surface area contributed by atoms with Crippen LogP contribution >= 0.6 is 0 Å². The molecule has 5 heteroatoms. The first kappa shape index (κ1) is 40.6. The summed E-state index contributed by atoms with van der Waals surface area (Å²) in [4.78, 5) is 5.48. The van der Waals surface area contributed by atoms with Crippen LogP contribution in [0.4, 0.5) is 28.4 Å². The largest absolute Gasteiger partial charge is 0.454 e. The van der Waals surface area contributed by atoms with E-state index in [9.17, 15) is 0 Å². The van der Waals surface area contributed by atoms with E-state index in [0.717, 1.165) is 28.5 Å². The first-order valence-corrected chi connectivity index (χ1v) is 25.3. The molecule has 4 nitrogen and oxygen atoms in total. The van der Waals surface area contributed by atoms with Gasteiger partial charge in [0.25, 0.3) is 6.71 Å². The monoisotopic (exact) mass is 885 g/mol. The van der Waals surface area contributed by atoms with E-state index in [2.05, 4.69) is 217 Å². The zero-order valence-corrected chi connectivity index (χ0v) is 41.4. The topological polar surface area (TPSA) is 24.6 Å². The van der Waals surface area contributed by atoms with Crippen molar-refractivity contribution in [3.05, 3.63) is 161 Å². The highest BCUT2D eigenvalue weighted by Crippen LogP contribution is 2.62. The molecule has 7 heterocycles. The maximum absolute atomic E-state index is 6.89. The molecular weight excluding hydrogens is 826 g/mol. The van der Waals surface area contributed by atoms with Crippen LogP contribution in [0.25, 0.3) is 49.8 Å². The molecule has 0 N–H and O–H groups in total. The first-order chi connectivity index (χ1) is 32.5. The molecule has 7 aromatic carbocycles. The molecule has 0 radical (unpaired) electrons. The van der Waals surface area contributed by atoms with E-state index in [-0.39, 0.29) is 33.9 Å². The van der Waals surface area contributed by atoms with Crippen LogP contribution in [0, 0.1) is 0 Å². The highest BCUT2D eigenvalue weighted by Gasteiger charge is 2.58. The Morgan fingerprint density at radius 1 is 0.559 bits per heavy atom. The molecular formula is C63H60BN3O. The molecule has 15 rings (SSSR count). The predicted molar refractivity (Wildman–Crippen MR) is 288 cm³/mol. The van der Waals surface area contributed by atoms with Gasteiger partial charge in [-0.25, -0.2) is 0 Å². The molecule has 1 fully saturated rings. The Hall–Kier alpha value is -6.46. The van der Waals surface area contributed by atoms with E-state index in [1.165, 1.54) is 120 Å². The quantitative estimate of drug-likeness (QED) is 0.154. The third kappa shape index (κ3) is 5.02. The lowest BCUT2D eigenvalue weighted by molar-refractivity contribution is 0.195. The third-order valence-electron chi connectivity index (χ3n) is 18.1. The van der Waals surface area contributed by atoms with Crippen LogP contribution < -0.4 is 26.2 Å². The van der Waals surface area contributed by atoms with Crippen molar-refractivity contribution in [3.8, 4) is 16.8 Å². The Morgan fingerprint density at radius 2 is 1.26 bits per heavy atom. The molecule has 0 spiro atoms. The number of nitrogens with zero attached hydrogens (tertiary/aromatic N) is 3. The van der Waals surface area contributed by atoms with Crippen molar-refractivity contribution < 1.29 is 4.42 Å². The second-order valence-electron chi connectivity index (χ2n) is 24.1. The maximum Gasteiger partial charge on any atom is 0.252 e. The molecule has 68 heavy (non-hydrogen) atoms. The van der Waals surface area contributed by atoms with E-state index in [1.807, 2.05) is 0 Å². The summed E-state index contributed by atoms with van der Waals surface area (Å²) in [6.07, 6.45) is 4.84. The van der Waals surface area contributed by atoms with E-state index in [0.29, 0.717) is 0 Å². The number of benzene rings is 7. The number of rotatable bonds is 1. The Balaban J connectivity index is 1.12. The molecule has 9 aromatic rings. The molecule has 0 amide bonds. The summed E-state index contributed by atoms with van der Waals surface area (Å²) in [5.74, 6) is 0. The zero-order valence-electron chi connectivity index (χ0n) is 41.4. The fourth-order valence-corrected chi connectivity index (χ4v) is 13.9. The number of hydrogen-bond acceptors (Lipinski definition) is 3. The van der Waals surface area contributed by atoms with Crippen molar-refractivity contribution in [1.29, 1.82) is 0 Å². The van der Waals surface area contributed by atoms with Gasteiger partial charge in [0.15, 0.2) is 5.58 Å². The van der Waals surface area contributed by atoms with Crippen molar-refractivity contribution in [2.45, 2.75) is 122 Å². The zero-order chi connectivity index (χ0) is 46.6. The fraction of sp³-hybridized carbons (Fsp3) is 0.302. The van der Waals surface area contributed by atoms with Crippen LogP contribution in [-0.2, 0) is 21.7 Å². The van der Waals surface area contributed by atoms with Gasteiger partial charge in [-0.3, -0.25) is 0 Å². The van der Waals surface area contributed by atoms with Crippen LogP contribution in [0.3, 0.4) is 0 Å². The van der Waals surface area contributed by atoms with E-state index in [4.69, 9.17) is 4.42 Å². The van der Waals surface area contributed by atoms with E-state index in [1.54, 1.807) is 0 Å². The molecule has 2 unspecified atom stereocenters. The summed E-state index contributed by atoms with van der Waals surface area (Å²) in [7, 11) is 0. The number of para-hydroxylation sites is 2. The lowest BCUT2D eigenvalue weighted by Gasteiger charge is -2.50. The summed E-state index contributed by atoms with van der Waals surface area (Å²) in [6, 6.07) is 52.6. The van der Waals surface area contributed by atoms with Crippen molar-refractivity contribution in [1.82, 2.24) is 4.57 Å². The Bertz CT molecular complexity index is 3680. The van der Waals surface area contributed by atoms with Gasteiger partial charge in [-0.1, -0.05) is 148 Å². The number of hydrogen-bond donors (Lipinski definition) is 0. The van der Waals surface area contributed by atoms with Crippen LogP contribution in [-0.4, -0.2) is 16.8 Å². The summed E-state index contributed by atoms with van der Waals surface area (Å²) < 4.78 is 9.47. The Labute approximate surface area is 401 Å². The molecule has 5 aliphatic heterocycles. The van der Waals surface area contributed by atoms with Gasteiger partial charge in [0.2, 0.25) is 0 Å². The summed E-state index contributed by atoms with van der Waals surface area (Å²) >= 11 is 0. The summed E-state index contributed by atoms with van der Waals surface area (Å²) in [5.41, 5.74) is 25.0. The minimum absolute atomic E-state index is 0.00498. The van der Waals surface area contributed by atoms with Crippen molar-refractivity contribution in [3.63, 3.8) is 0 Å². The molecule has 336 valence electrons. The molecule has 1 aliphatic carbocycles. The predicted octanol–water partition coefficient (Wildman–Crippen LogP) is 14.8. The molecule has 4 bridgehead atoms. The standard InChI is InChI=1S/C63H60BN3O/c1-59(2,3)39-24-28-49-45(32-39)37-20-22-38(23-21-37)61(7,8)41-34-52-55-53(35-41)66-56-44(58-57(66)43-16-11-12-19-54(43)68-58)17-15-18-48(56)64(55)47-27-26-42(36-51(47)65(49)52)67-50-29-25-40(60(4,5)6)33-46(50)62(9)30-13-14-31-63(62,67)10/h11-12,15-29,32-36H,13-14,30-31H2,1-10H3. The number of aromatic nitrogens is 1. The van der Waals surface area contributed by atoms with Gasteiger partial charge in [-0.15, -0.1) is 0 Å². The number of anilines is 5. The maximum atomic E-state index is 6.89. The fourth-order valence-electron chi connectivity index (χ4n) is 13.9. The van der Waals surface area contributed by atoms with Gasteiger partial charge in [0, 0.05) is 55.6 Å².